The van der Waals surface area contributed by atoms with Crippen molar-refractivity contribution in [3.8, 4) is 0 Å². The number of nitrogen functional groups attached to an aromatic ring is 1. The lowest BCUT2D eigenvalue weighted by molar-refractivity contribution is 0.982. The normalized spacial score (nSPS) is 9.91. The summed E-state index contributed by atoms with van der Waals surface area (Å²) in [4.78, 5) is 1.14. The quantitative estimate of drug-likeness (QED) is 0.408. The smallest absolute Gasteiger partial charge is 0.0464 e. The van der Waals surface area contributed by atoms with Gasteiger partial charge in [0.2, 0.25) is 0 Å². The highest BCUT2D eigenvalue weighted by molar-refractivity contribution is 7.99. The molecule has 0 bridgehead atoms. The van der Waals surface area contributed by atoms with Crippen molar-refractivity contribution in [2.45, 2.75) is 4.90 Å². The van der Waals surface area contributed by atoms with Crippen LogP contribution in [0.5, 0.6) is 0 Å². The molecule has 0 aliphatic heterocycles. The molecule has 0 saturated heterocycles. The van der Waals surface area contributed by atoms with Gasteiger partial charge in [0.15, 0.2) is 0 Å². The lowest BCUT2D eigenvalue weighted by Gasteiger charge is -2.02. The van der Waals surface area contributed by atoms with Gasteiger partial charge < -0.3 is 11.1 Å². The van der Waals surface area contributed by atoms with Gasteiger partial charge in [-0.3, -0.25) is 0 Å². The number of thioether (sulfide) groups is 1. The zero-order valence-corrected chi connectivity index (χ0v) is 7.32. The standard InChI is InChI=1S/C8H12N2S/c1-10-6-11-8-5-3-2-4-7(8)9/h2-5,10H,6,9H2,1H3. The number of rotatable bonds is 3. The number of nitrogens with two attached hydrogens (primary N) is 1. The van der Waals surface area contributed by atoms with E-state index in [0.717, 1.165) is 16.5 Å². The number of hydrogen-bond donors (Lipinski definition) is 2. The van der Waals surface area contributed by atoms with Gasteiger partial charge in [0.05, 0.1) is 0 Å². The molecule has 1 aromatic rings. The predicted octanol–water partition coefficient (Wildman–Crippen LogP) is 1.54. The summed E-state index contributed by atoms with van der Waals surface area (Å²) in [6.45, 7) is 0. The molecule has 11 heavy (non-hydrogen) atoms. The first-order valence-electron chi connectivity index (χ1n) is 3.46. The zero-order valence-electron chi connectivity index (χ0n) is 6.50. The Morgan fingerprint density at radius 3 is 2.82 bits per heavy atom. The van der Waals surface area contributed by atoms with E-state index in [4.69, 9.17) is 5.73 Å². The second-order valence-electron chi connectivity index (χ2n) is 2.18. The van der Waals surface area contributed by atoms with Crippen molar-refractivity contribution in [1.82, 2.24) is 5.32 Å². The van der Waals surface area contributed by atoms with E-state index in [1.54, 1.807) is 11.8 Å². The molecule has 60 valence electrons. The number of benzene rings is 1. The molecule has 0 amide bonds. The van der Waals surface area contributed by atoms with Gasteiger partial charge in [0.25, 0.3) is 0 Å². The number of anilines is 1. The third kappa shape index (κ3) is 2.44. The van der Waals surface area contributed by atoms with E-state index in [1.165, 1.54) is 0 Å². The molecule has 0 saturated carbocycles. The summed E-state index contributed by atoms with van der Waals surface area (Å²) in [6.07, 6.45) is 0. The SMILES string of the molecule is CNCSc1ccccc1N. The summed E-state index contributed by atoms with van der Waals surface area (Å²) < 4.78 is 0. The van der Waals surface area contributed by atoms with E-state index in [9.17, 15) is 0 Å². The maximum Gasteiger partial charge on any atom is 0.0464 e. The highest BCUT2D eigenvalue weighted by atomic mass is 32.2. The lowest BCUT2D eigenvalue weighted by atomic mass is 10.3. The topological polar surface area (TPSA) is 38.0 Å². The van der Waals surface area contributed by atoms with Crippen LogP contribution in [-0.4, -0.2) is 12.9 Å². The van der Waals surface area contributed by atoms with Crippen molar-refractivity contribution in [3.63, 3.8) is 0 Å². The minimum Gasteiger partial charge on any atom is -0.398 e. The van der Waals surface area contributed by atoms with Gasteiger partial charge in [-0.05, 0) is 19.2 Å². The largest absolute Gasteiger partial charge is 0.398 e. The lowest BCUT2D eigenvalue weighted by Crippen LogP contribution is -2.03. The van der Waals surface area contributed by atoms with Gasteiger partial charge in [-0.2, -0.15) is 0 Å². The molecule has 0 aromatic heterocycles. The molecule has 1 rings (SSSR count). The van der Waals surface area contributed by atoms with Gasteiger partial charge in [0, 0.05) is 16.5 Å². The number of hydrogen-bond acceptors (Lipinski definition) is 3. The highest BCUT2D eigenvalue weighted by Gasteiger charge is 1.95. The van der Waals surface area contributed by atoms with E-state index in [-0.39, 0.29) is 0 Å². The maximum absolute atomic E-state index is 5.71. The molecule has 0 fully saturated rings. The summed E-state index contributed by atoms with van der Waals surface area (Å²) in [5.74, 6) is 0.897. The average Bonchev–Trinajstić information content (AvgIpc) is 2.03. The van der Waals surface area contributed by atoms with Crippen LogP contribution in [0.2, 0.25) is 0 Å². The Labute approximate surface area is 71.2 Å². The van der Waals surface area contributed by atoms with Gasteiger partial charge in [-0.15, -0.1) is 11.8 Å². The third-order valence-electron chi connectivity index (χ3n) is 1.29. The van der Waals surface area contributed by atoms with Gasteiger partial charge in [-0.25, -0.2) is 0 Å². The van der Waals surface area contributed by atoms with Gasteiger partial charge in [-0.1, -0.05) is 12.1 Å². The molecule has 0 spiro atoms. The van der Waals surface area contributed by atoms with Crippen molar-refractivity contribution in [3.05, 3.63) is 24.3 Å². The third-order valence-corrected chi connectivity index (χ3v) is 2.41. The molecule has 2 nitrogen and oxygen atoms in total. The summed E-state index contributed by atoms with van der Waals surface area (Å²) >= 11 is 1.71. The van der Waals surface area contributed by atoms with Crippen LogP contribution in [0.15, 0.2) is 29.2 Å². The van der Waals surface area contributed by atoms with Crippen LogP contribution < -0.4 is 11.1 Å². The predicted molar refractivity (Wildman–Crippen MR) is 50.6 cm³/mol. The molecule has 3 N–H and O–H groups in total. The fourth-order valence-electron chi connectivity index (χ4n) is 0.762. The van der Waals surface area contributed by atoms with Crippen LogP contribution in [0.3, 0.4) is 0 Å². The molecule has 1 aromatic carbocycles. The molecule has 0 heterocycles. The Morgan fingerprint density at radius 1 is 1.45 bits per heavy atom. The van der Waals surface area contributed by atoms with Crippen molar-refractivity contribution >= 4 is 17.4 Å². The fourth-order valence-corrected chi connectivity index (χ4v) is 1.47. The van der Waals surface area contributed by atoms with E-state index in [1.807, 2.05) is 31.3 Å². The summed E-state index contributed by atoms with van der Waals surface area (Å²) in [5.41, 5.74) is 6.57. The molecule has 0 atom stereocenters. The highest BCUT2D eigenvalue weighted by Crippen LogP contribution is 2.22. The molecule has 0 radical (unpaired) electrons. The van der Waals surface area contributed by atoms with Gasteiger partial charge >= 0.3 is 0 Å². The number of para-hydroxylation sites is 1. The van der Waals surface area contributed by atoms with Crippen molar-refractivity contribution < 1.29 is 0 Å². The molecule has 0 aliphatic carbocycles. The maximum atomic E-state index is 5.71. The monoisotopic (exact) mass is 168 g/mol. The molecular formula is C8H12N2S. The van der Waals surface area contributed by atoms with Crippen LogP contribution in [-0.2, 0) is 0 Å². The Balaban J connectivity index is 2.62. The van der Waals surface area contributed by atoms with Crippen molar-refractivity contribution in [2.75, 3.05) is 18.7 Å². The summed E-state index contributed by atoms with van der Waals surface area (Å²) in [5, 5.41) is 3.05. The fraction of sp³-hybridized carbons (Fsp3) is 0.250. The van der Waals surface area contributed by atoms with Crippen molar-refractivity contribution in [1.29, 1.82) is 0 Å². The minimum absolute atomic E-state index is 0.854. The Morgan fingerprint density at radius 2 is 2.18 bits per heavy atom. The first-order chi connectivity index (χ1) is 5.34. The van der Waals surface area contributed by atoms with E-state index < -0.39 is 0 Å². The van der Waals surface area contributed by atoms with Gasteiger partial charge in [0.1, 0.15) is 0 Å². The minimum atomic E-state index is 0.854. The summed E-state index contributed by atoms with van der Waals surface area (Å²) in [7, 11) is 1.92. The molecular weight excluding hydrogens is 156 g/mol. The second kappa shape index (κ2) is 4.26. The van der Waals surface area contributed by atoms with E-state index >= 15 is 0 Å². The van der Waals surface area contributed by atoms with E-state index in [0.29, 0.717) is 0 Å². The number of nitrogens with one attached hydrogen (secondary N) is 1. The molecule has 0 aliphatic rings. The first kappa shape index (κ1) is 8.43. The van der Waals surface area contributed by atoms with E-state index in [2.05, 4.69) is 5.32 Å². The zero-order chi connectivity index (χ0) is 8.10. The van der Waals surface area contributed by atoms with Crippen LogP contribution in [0, 0.1) is 0 Å². The van der Waals surface area contributed by atoms with Crippen LogP contribution in [0.1, 0.15) is 0 Å². The Hall–Kier alpha value is -0.670. The molecule has 0 unspecified atom stereocenters. The Bertz CT molecular complexity index is 225. The average molecular weight is 168 g/mol. The second-order valence-corrected chi connectivity index (χ2v) is 3.20. The van der Waals surface area contributed by atoms with Crippen LogP contribution >= 0.6 is 11.8 Å². The molecule has 3 heteroatoms. The first-order valence-corrected chi connectivity index (χ1v) is 4.45. The van der Waals surface area contributed by atoms with Crippen LogP contribution in [0.25, 0.3) is 0 Å². The van der Waals surface area contributed by atoms with Crippen molar-refractivity contribution in [2.24, 2.45) is 0 Å². The Kier molecular flexibility index (Phi) is 3.26. The van der Waals surface area contributed by atoms with Crippen LogP contribution in [0.4, 0.5) is 5.69 Å². The summed E-state index contributed by atoms with van der Waals surface area (Å²) in [6, 6.07) is 7.88.